The minimum atomic E-state index is -1.17. The number of hydrogen-bond acceptors (Lipinski definition) is 5. The zero-order valence-electron chi connectivity index (χ0n) is 16.4. The molecule has 0 aliphatic rings. The molecule has 0 aromatic heterocycles. The minimum absolute atomic E-state index is 0.399. The van der Waals surface area contributed by atoms with E-state index in [1.54, 1.807) is 26.8 Å². The standard InChI is InChI=1S/C21H27N3O4/c1-21(2,3)28-20(27)23-17(13-25)19(26)24-18-15(10-7-11-16(18)22)12-14-8-5-4-6-9-14/h4-11,17,25H,12-13,22H2,1-3H3,(H,23,27)(H,24,26)/t17-/m0/s1. The van der Waals surface area contributed by atoms with Crippen molar-refractivity contribution in [1.29, 1.82) is 0 Å². The van der Waals surface area contributed by atoms with Crippen molar-refractivity contribution in [2.45, 2.75) is 38.8 Å². The molecule has 7 nitrogen and oxygen atoms in total. The molecular weight excluding hydrogens is 358 g/mol. The predicted molar refractivity (Wildman–Crippen MR) is 109 cm³/mol. The number of hydrogen-bond donors (Lipinski definition) is 4. The first-order valence-electron chi connectivity index (χ1n) is 9.02. The van der Waals surface area contributed by atoms with E-state index in [2.05, 4.69) is 10.6 Å². The summed E-state index contributed by atoms with van der Waals surface area (Å²) in [6, 6.07) is 14.0. The lowest BCUT2D eigenvalue weighted by atomic mass is 10.0. The average Bonchev–Trinajstić information content (AvgIpc) is 2.62. The van der Waals surface area contributed by atoms with Gasteiger partial charge < -0.3 is 26.2 Å². The van der Waals surface area contributed by atoms with Gasteiger partial charge in [0, 0.05) is 0 Å². The average molecular weight is 385 g/mol. The van der Waals surface area contributed by atoms with Crippen LogP contribution in [0.2, 0.25) is 0 Å². The van der Waals surface area contributed by atoms with Crippen LogP contribution < -0.4 is 16.4 Å². The smallest absolute Gasteiger partial charge is 0.408 e. The third-order valence-electron chi connectivity index (χ3n) is 3.86. The van der Waals surface area contributed by atoms with Crippen molar-refractivity contribution < 1.29 is 19.4 Å². The van der Waals surface area contributed by atoms with Crippen LogP contribution in [0.3, 0.4) is 0 Å². The number of alkyl carbamates (subject to hydrolysis) is 1. The second-order valence-corrected chi connectivity index (χ2v) is 7.41. The molecule has 2 rings (SSSR count). The fourth-order valence-electron chi connectivity index (χ4n) is 2.59. The van der Waals surface area contributed by atoms with Crippen LogP contribution in [-0.4, -0.2) is 35.4 Å². The Kier molecular flexibility index (Phi) is 7.00. The van der Waals surface area contributed by atoms with E-state index >= 15 is 0 Å². The molecule has 0 aliphatic carbocycles. The minimum Gasteiger partial charge on any atom is -0.444 e. The number of ether oxygens (including phenoxy) is 1. The Morgan fingerprint density at radius 3 is 2.39 bits per heavy atom. The van der Waals surface area contributed by atoms with Gasteiger partial charge in [-0.2, -0.15) is 0 Å². The zero-order chi connectivity index (χ0) is 20.7. The van der Waals surface area contributed by atoms with Gasteiger partial charge in [-0.05, 0) is 44.4 Å². The van der Waals surface area contributed by atoms with Gasteiger partial charge in [-0.25, -0.2) is 4.79 Å². The highest BCUT2D eigenvalue weighted by atomic mass is 16.6. The number of amides is 2. The molecule has 0 unspecified atom stereocenters. The summed E-state index contributed by atoms with van der Waals surface area (Å²) < 4.78 is 5.13. The maximum Gasteiger partial charge on any atom is 0.408 e. The SMILES string of the molecule is CC(C)(C)OC(=O)N[C@@H](CO)C(=O)Nc1c(N)cccc1Cc1ccccc1. The Balaban J connectivity index is 2.14. The number of nitrogens with one attached hydrogen (secondary N) is 2. The predicted octanol–water partition coefficient (Wildman–Crippen LogP) is 2.68. The van der Waals surface area contributed by atoms with Crippen molar-refractivity contribution in [3.05, 3.63) is 59.7 Å². The second-order valence-electron chi connectivity index (χ2n) is 7.41. The molecule has 0 radical (unpaired) electrons. The van der Waals surface area contributed by atoms with Crippen LogP contribution in [0, 0.1) is 0 Å². The number of aliphatic hydroxyl groups excluding tert-OH is 1. The fraction of sp³-hybridized carbons (Fsp3) is 0.333. The maximum absolute atomic E-state index is 12.6. The molecule has 7 heteroatoms. The van der Waals surface area contributed by atoms with E-state index in [9.17, 15) is 14.7 Å². The third-order valence-corrected chi connectivity index (χ3v) is 3.86. The van der Waals surface area contributed by atoms with E-state index in [1.165, 1.54) is 0 Å². The number of nitrogen functional groups attached to an aromatic ring is 1. The van der Waals surface area contributed by atoms with E-state index < -0.39 is 30.3 Å². The highest BCUT2D eigenvalue weighted by Gasteiger charge is 2.24. The first kappa shape index (κ1) is 21.2. The Labute approximate surface area is 164 Å². The lowest BCUT2D eigenvalue weighted by molar-refractivity contribution is -0.119. The zero-order valence-corrected chi connectivity index (χ0v) is 16.4. The molecule has 0 aliphatic heterocycles. The lowest BCUT2D eigenvalue weighted by Gasteiger charge is -2.23. The molecule has 0 spiro atoms. The largest absolute Gasteiger partial charge is 0.444 e. The number of carbonyl (C=O) groups excluding carboxylic acids is 2. The molecule has 2 aromatic carbocycles. The molecule has 0 fully saturated rings. The third kappa shape index (κ3) is 6.28. The van der Waals surface area contributed by atoms with E-state index in [1.807, 2.05) is 42.5 Å². The molecule has 0 saturated carbocycles. The van der Waals surface area contributed by atoms with E-state index in [0.717, 1.165) is 11.1 Å². The molecule has 2 aromatic rings. The van der Waals surface area contributed by atoms with E-state index in [0.29, 0.717) is 17.8 Å². The van der Waals surface area contributed by atoms with Crippen LogP contribution in [0.15, 0.2) is 48.5 Å². The molecule has 0 bridgehead atoms. The van der Waals surface area contributed by atoms with Gasteiger partial charge in [0.2, 0.25) is 5.91 Å². The highest BCUT2D eigenvalue weighted by molar-refractivity contribution is 5.99. The highest BCUT2D eigenvalue weighted by Crippen LogP contribution is 2.26. The Morgan fingerprint density at radius 1 is 1.11 bits per heavy atom. The van der Waals surface area contributed by atoms with Gasteiger partial charge in [-0.3, -0.25) is 4.79 Å². The summed E-state index contributed by atoms with van der Waals surface area (Å²) in [6.45, 7) is 4.55. The summed E-state index contributed by atoms with van der Waals surface area (Å²) >= 11 is 0. The van der Waals surface area contributed by atoms with Crippen LogP contribution in [-0.2, 0) is 16.0 Å². The van der Waals surface area contributed by atoms with Gasteiger partial charge in [0.25, 0.3) is 0 Å². The van der Waals surface area contributed by atoms with Crippen LogP contribution in [0.5, 0.6) is 0 Å². The normalized spacial score (nSPS) is 12.1. The Morgan fingerprint density at radius 2 is 1.79 bits per heavy atom. The molecule has 28 heavy (non-hydrogen) atoms. The van der Waals surface area contributed by atoms with Crippen molar-refractivity contribution in [1.82, 2.24) is 5.32 Å². The van der Waals surface area contributed by atoms with Crippen molar-refractivity contribution in [2.75, 3.05) is 17.7 Å². The van der Waals surface area contributed by atoms with Crippen LogP contribution >= 0.6 is 0 Å². The van der Waals surface area contributed by atoms with Crippen LogP contribution in [0.25, 0.3) is 0 Å². The number of benzene rings is 2. The number of nitrogens with two attached hydrogens (primary N) is 1. The Bertz CT molecular complexity index is 816. The summed E-state index contributed by atoms with van der Waals surface area (Å²) in [6.07, 6.45) is -0.211. The molecular formula is C21H27N3O4. The molecule has 2 amide bonds. The van der Waals surface area contributed by atoms with Gasteiger partial charge in [-0.15, -0.1) is 0 Å². The summed E-state index contributed by atoms with van der Waals surface area (Å²) in [5.74, 6) is -0.583. The van der Waals surface area contributed by atoms with Crippen molar-refractivity contribution in [3.8, 4) is 0 Å². The first-order valence-corrected chi connectivity index (χ1v) is 9.02. The molecule has 150 valence electrons. The first-order chi connectivity index (χ1) is 13.2. The Hall–Kier alpha value is -3.06. The van der Waals surface area contributed by atoms with E-state index in [-0.39, 0.29) is 0 Å². The van der Waals surface area contributed by atoms with Gasteiger partial charge in [0.05, 0.1) is 18.0 Å². The second kappa shape index (κ2) is 9.23. The molecule has 1 atom stereocenters. The van der Waals surface area contributed by atoms with Crippen LogP contribution in [0.4, 0.5) is 16.2 Å². The van der Waals surface area contributed by atoms with Crippen LogP contribution in [0.1, 0.15) is 31.9 Å². The molecule has 5 N–H and O–H groups in total. The summed E-state index contributed by atoms with van der Waals surface area (Å²) in [7, 11) is 0. The quantitative estimate of drug-likeness (QED) is 0.571. The van der Waals surface area contributed by atoms with Crippen molar-refractivity contribution in [2.24, 2.45) is 0 Å². The summed E-state index contributed by atoms with van der Waals surface area (Å²) in [4.78, 5) is 24.5. The van der Waals surface area contributed by atoms with Gasteiger partial charge in [0.15, 0.2) is 0 Å². The number of aliphatic hydroxyl groups is 1. The summed E-state index contributed by atoms with van der Waals surface area (Å²) in [5.41, 5.74) is 8.09. The van der Waals surface area contributed by atoms with Crippen molar-refractivity contribution >= 4 is 23.4 Å². The van der Waals surface area contributed by atoms with Gasteiger partial charge in [0.1, 0.15) is 11.6 Å². The monoisotopic (exact) mass is 385 g/mol. The number of rotatable bonds is 6. The topological polar surface area (TPSA) is 114 Å². The van der Waals surface area contributed by atoms with Gasteiger partial charge >= 0.3 is 6.09 Å². The maximum atomic E-state index is 12.6. The van der Waals surface area contributed by atoms with Gasteiger partial charge in [-0.1, -0.05) is 42.5 Å². The molecule has 0 saturated heterocycles. The van der Waals surface area contributed by atoms with E-state index in [4.69, 9.17) is 10.5 Å². The molecule has 0 heterocycles. The number of para-hydroxylation sites is 1. The number of carbonyl (C=O) groups is 2. The fourth-order valence-corrected chi connectivity index (χ4v) is 2.59. The number of anilines is 2. The lowest BCUT2D eigenvalue weighted by Crippen LogP contribution is -2.48. The van der Waals surface area contributed by atoms with Crippen molar-refractivity contribution in [3.63, 3.8) is 0 Å². The summed E-state index contributed by atoms with van der Waals surface area (Å²) in [5, 5.41) is 14.6.